The molecule has 6 nitrogen and oxygen atoms in total. The number of carbonyl (C=O) groups is 2. The van der Waals surface area contributed by atoms with Gasteiger partial charge in [0.15, 0.2) is 0 Å². The minimum Gasteiger partial charge on any atom is -0.299 e. The van der Waals surface area contributed by atoms with Crippen LogP contribution in [-0.2, 0) is 21.0 Å². The Labute approximate surface area is 138 Å². The van der Waals surface area contributed by atoms with E-state index < -0.39 is 5.41 Å². The number of hydroxylamine groups is 2. The lowest BCUT2D eigenvalue weighted by atomic mass is 9.95. The van der Waals surface area contributed by atoms with Gasteiger partial charge in [0.25, 0.3) is 11.8 Å². The number of nitrogens with zero attached hydrogens (tertiary/aromatic N) is 1. The first-order valence-electron chi connectivity index (χ1n) is 6.67. The van der Waals surface area contributed by atoms with E-state index in [2.05, 4.69) is 10.9 Å². The van der Waals surface area contributed by atoms with Crippen molar-refractivity contribution in [2.24, 2.45) is 5.41 Å². The summed E-state index contributed by atoms with van der Waals surface area (Å²) in [5, 5.41) is 1.79. The van der Waals surface area contributed by atoms with Crippen molar-refractivity contribution in [3.05, 3.63) is 28.8 Å². The molecule has 1 aliphatic heterocycles. The van der Waals surface area contributed by atoms with Crippen molar-refractivity contribution in [1.29, 1.82) is 0 Å². The average molecular weight is 346 g/mol. The zero-order valence-corrected chi connectivity index (χ0v) is 13.8. The van der Waals surface area contributed by atoms with E-state index in [0.29, 0.717) is 17.3 Å². The Morgan fingerprint density at radius 3 is 2.73 bits per heavy atom. The number of anilines is 1. The first kappa shape index (κ1) is 16.9. The largest absolute Gasteiger partial charge is 0.299 e. The van der Waals surface area contributed by atoms with E-state index in [9.17, 15) is 9.59 Å². The van der Waals surface area contributed by atoms with Gasteiger partial charge in [0.2, 0.25) is 0 Å². The van der Waals surface area contributed by atoms with Crippen LogP contribution in [0, 0.1) is 5.41 Å². The number of carbonyl (C=O) groups excluding carboxylic acids is 2. The summed E-state index contributed by atoms with van der Waals surface area (Å²) in [6.07, 6.45) is 0. The maximum atomic E-state index is 12.1. The maximum absolute atomic E-state index is 12.1. The summed E-state index contributed by atoms with van der Waals surface area (Å²) in [6.45, 7) is 4.30. The van der Waals surface area contributed by atoms with Gasteiger partial charge >= 0.3 is 0 Å². The highest BCUT2D eigenvalue weighted by molar-refractivity contribution is 6.31. The van der Waals surface area contributed by atoms with Gasteiger partial charge in [-0.3, -0.25) is 25.3 Å². The Kier molecular flexibility index (Phi) is 5.16. The van der Waals surface area contributed by atoms with Crippen LogP contribution in [0.4, 0.5) is 5.69 Å². The van der Waals surface area contributed by atoms with Crippen molar-refractivity contribution in [2.45, 2.75) is 20.4 Å². The Bertz CT molecular complexity index is 593. The van der Waals surface area contributed by atoms with Crippen molar-refractivity contribution in [3.63, 3.8) is 0 Å². The first-order valence-corrected chi connectivity index (χ1v) is 7.59. The van der Waals surface area contributed by atoms with E-state index in [1.165, 1.54) is 5.06 Å². The second kappa shape index (κ2) is 6.73. The van der Waals surface area contributed by atoms with E-state index in [0.717, 1.165) is 5.56 Å². The van der Waals surface area contributed by atoms with Gasteiger partial charge in [0, 0.05) is 5.02 Å². The van der Waals surface area contributed by atoms with Gasteiger partial charge in [0.1, 0.15) is 5.88 Å². The van der Waals surface area contributed by atoms with Gasteiger partial charge in [-0.2, -0.15) is 0 Å². The first-order chi connectivity index (χ1) is 10.3. The minimum atomic E-state index is -0.514. The molecule has 0 unspecified atom stereocenters. The summed E-state index contributed by atoms with van der Waals surface area (Å²) in [5.74, 6) is -0.552. The standard InChI is InChI=1S/C14H17Cl2N3O3/c1-14(2)8-22-19(13(14)21)7-9-3-4-10(5-11(9)16)17-18-12(20)6-15/h3-5,17H,6-8H2,1-2H3,(H,18,20). The molecule has 2 amide bonds. The van der Waals surface area contributed by atoms with Crippen LogP contribution in [0.3, 0.4) is 0 Å². The number of benzene rings is 1. The number of hydrogen-bond acceptors (Lipinski definition) is 4. The van der Waals surface area contributed by atoms with Crippen molar-refractivity contribution in [1.82, 2.24) is 10.5 Å². The molecule has 1 saturated heterocycles. The molecular formula is C14H17Cl2N3O3. The topological polar surface area (TPSA) is 70.7 Å². The number of hydrogen-bond donors (Lipinski definition) is 2. The molecule has 22 heavy (non-hydrogen) atoms. The molecule has 1 aliphatic rings. The van der Waals surface area contributed by atoms with E-state index in [1.807, 2.05) is 13.8 Å². The molecule has 0 saturated carbocycles. The van der Waals surface area contributed by atoms with Crippen molar-refractivity contribution in [3.8, 4) is 0 Å². The molecule has 1 aromatic carbocycles. The Morgan fingerprint density at radius 1 is 1.45 bits per heavy atom. The molecular weight excluding hydrogens is 329 g/mol. The monoisotopic (exact) mass is 345 g/mol. The van der Waals surface area contributed by atoms with Crippen LogP contribution in [0.1, 0.15) is 19.4 Å². The summed E-state index contributed by atoms with van der Waals surface area (Å²) in [6, 6.07) is 5.15. The molecule has 8 heteroatoms. The highest BCUT2D eigenvalue weighted by atomic mass is 35.5. The van der Waals surface area contributed by atoms with Crippen LogP contribution in [0.5, 0.6) is 0 Å². The van der Waals surface area contributed by atoms with Gasteiger partial charge in [-0.25, -0.2) is 5.06 Å². The molecule has 2 N–H and O–H groups in total. The van der Waals surface area contributed by atoms with Crippen molar-refractivity contribution < 1.29 is 14.4 Å². The molecule has 1 fully saturated rings. The zero-order chi connectivity index (χ0) is 16.3. The fourth-order valence-corrected chi connectivity index (χ4v) is 2.21. The van der Waals surface area contributed by atoms with Gasteiger partial charge in [-0.1, -0.05) is 17.7 Å². The van der Waals surface area contributed by atoms with Crippen LogP contribution in [0.25, 0.3) is 0 Å². The summed E-state index contributed by atoms with van der Waals surface area (Å²) >= 11 is 11.6. The van der Waals surface area contributed by atoms with Gasteiger partial charge in [-0.05, 0) is 31.5 Å². The normalized spacial score (nSPS) is 16.7. The molecule has 2 rings (SSSR count). The fourth-order valence-electron chi connectivity index (χ4n) is 1.90. The second-order valence-corrected chi connectivity index (χ2v) is 6.29. The molecule has 0 spiro atoms. The highest BCUT2D eigenvalue weighted by Crippen LogP contribution is 2.30. The molecule has 0 atom stereocenters. The predicted molar refractivity (Wildman–Crippen MR) is 84.2 cm³/mol. The van der Waals surface area contributed by atoms with Crippen molar-refractivity contribution in [2.75, 3.05) is 17.9 Å². The highest BCUT2D eigenvalue weighted by Gasteiger charge is 2.40. The summed E-state index contributed by atoms with van der Waals surface area (Å²) in [5.41, 5.74) is 5.97. The van der Waals surface area contributed by atoms with Crippen LogP contribution < -0.4 is 10.9 Å². The van der Waals surface area contributed by atoms with Gasteiger partial charge < -0.3 is 0 Å². The van der Waals surface area contributed by atoms with Crippen LogP contribution in [0.15, 0.2) is 18.2 Å². The predicted octanol–water partition coefficient (Wildman–Crippen LogP) is 2.32. The molecule has 0 aromatic heterocycles. The lowest BCUT2D eigenvalue weighted by Gasteiger charge is -2.17. The number of rotatable bonds is 5. The second-order valence-electron chi connectivity index (χ2n) is 5.61. The Hall–Kier alpha value is -1.50. The fraction of sp³-hybridized carbons (Fsp3) is 0.429. The Balaban J connectivity index is 2.01. The molecule has 0 aliphatic carbocycles. The quantitative estimate of drug-likeness (QED) is 0.634. The number of halogens is 2. The molecule has 0 bridgehead atoms. The smallest absolute Gasteiger partial charge is 0.254 e. The van der Waals surface area contributed by atoms with E-state index in [4.69, 9.17) is 28.0 Å². The van der Waals surface area contributed by atoms with E-state index in [-0.39, 0.29) is 24.2 Å². The zero-order valence-electron chi connectivity index (χ0n) is 12.3. The summed E-state index contributed by atoms with van der Waals surface area (Å²) in [4.78, 5) is 28.6. The molecule has 1 aromatic rings. The van der Waals surface area contributed by atoms with Crippen LogP contribution in [-0.4, -0.2) is 29.4 Å². The summed E-state index contributed by atoms with van der Waals surface area (Å²) in [7, 11) is 0. The third kappa shape index (κ3) is 3.82. The number of hydrazine groups is 1. The van der Waals surface area contributed by atoms with Crippen molar-refractivity contribution >= 4 is 40.7 Å². The third-order valence-electron chi connectivity index (χ3n) is 3.22. The van der Waals surface area contributed by atoms with E-state index >= 15 is 0 Å². The molecule has 120 valence electrons. The molecule has 1 heterocycles. The molecule has 0 radical (unpaired) electrons. The number of alkyl halides is 1. The number of amides is 2. The van der Waals surface area contributed by atoms with Gasteiger partial charge in [-0.15, -0.1) is 11.6 Å². The van der Waals surface area contributed by atoms with Gasteiger partial charge in [0.05, 0.1) is 24.3 Å². The number of nitrogens with one attached hydrogen (secondary N) is 2. The average Bonchev–Trinajstić information content (AvgIpc) is 2.74. The van der Waals surface area contributed by atoms with E-state index in [1.54, 1.807) is 18.2 Å². The lowest BCUT2D eigenvalue weighted by Crippen LogP contribution is -2.31. The third-order valence-corrected chi connectivity index (χ3v) is 3.82. The maximum Gasteiger partial charge on any atom is 0.254 e. The minimum absolute atomic E-state index is 0.0693. The lowest BCUT2D eigenvalue weighted by molar-refractivity contribution is -0.165. The van der Waals surface area contributed by atoms with Crippen LogP contribution in [0.2, 0.25) is 5.02 Å². The Morgan fingerprint density at radius 2 is 2.18 bits per heavy atom. The van der Waals surface area contributed by atoms with Crippen LogP contribution >= 0.6 is 23.2 Å². The summed E-state index contributed by atoms with van der Waals surface area (Å²) < 4.78 is 0. The SMILES string of the molecule is CC1(C)CON(Cc2ccc(NNC(=O)CCl)cc2Cl)C1=O.